The van der Waals surface area contributed by atoms with Gasteiger partial charge in [-0.05, 0) is 16.7 Å². The molecule has 2 aromatic carbocycles. The normalized spacial score (nSPS) is 13.7. The van der Waals surface area contributed by atoms with Gasteiger partial charge in [0.25, 0.3) is 0 Å². The molecule has 0 aliphatic rings. The number of rotatable bonds is 5. The maximum atomic E-state index is 11.2. The van der Waals surface area contributed by atoms with Gasteiger partial charge in [0, 0.05) is 5.33 Å². The number of halogens is 2. The highest BCUT2D eigenvalue weighted by Gasteiger charge is 2.33. The SMILES string of the molecule is O=C(O)CC(Br)(c1ccccc1)c1ccc(CBr)cc1. The lowest BCUT2D eigenvalue weighted by Crippen LogP contribution is -2.23. The molecule has 0 aliphatic carbocycles. The zero-order valence-electron chi connectivity index (χ0n) is 10.7. The van der Waals surface area contributed by atoms with E-state index in [1.54, 1.807) is 0 Å². The Labute approximate surface area is 135 Å². The molecule has 0 spiro atoms. The van der Waals surface area contributed by atoms with E-state index in [9.17, 15) is 9.90 Å². The lowest BCUT2D eigenvalue weighted by atomic mass is 9.88. The van der Waals surface area contributed by atoms with Gasteiger partial charge in [-0.25, -0.2) is 0 Å². The van der Waals surface area contributed by atoms with Gasteiger partial charge in [0.2, 0.25) is 0 Å². The van der Waals surface area contributed by atoms with Crippen molar-refractivity contribution in [2.75, 3.05) is 0 Å². The van der Waals surface area contributed by atoms with Gasteiger partial charge in [-0.2, -0.15) is 0 Å². The van der Waals surface area contributed by atoms with Crippen LogP contribution in [0.15, 0.2) is 54.6 Å². The van der Waals surface area contributed by atoms with E-state index < -0.39 is 10.3 Å². The molecule has 2 rings (SSSR count). The van der Waals surface area contributed by atoms with E-state index in [1.807, 2.05) is 54.6 Å². The molecule has 2 nitrogen and oxygen atoms in total. The lowest BCUT2D eigenvalue weighted by molar-refractivity contribution is -0.137. The Morgan fingerprint density at radius 3 is 2.05 bits per heavy atom. The molecule has 0 fully saturated rings. The molecule has 4 heteroatoms. The Balaban J connectivity index is 2.48. The molecule has 104 valence electrons. The first kappa shape index (κ1) is 15.3. The van der Waals surface area contributed by atoms with Crippen LogP contribution in [-0.2, 0) is 14.4 Å². The first-order valence-corrected chi connectivity index (χ1v) is 8.09. The van der Waals surface area contributed by atoms with Crippen LogP contribution in [-0.4, -0.2) is 11.1 Å². The van der Waals surface area contributed by atoms with Crippen LogP contribution in [0.4, 0.5) is 0 Å². The van der Waals surface area contributed by atoms with Crippen molar-refractivity contribution >= 4 is 37.8 Å². The second kappa shape index (κ2) is 6.55. The Morgan fingerprint density at radius 2 is 1.55 bits per heavy atom. The van der Waals surface area contributed by atoms with Crippen molar-refractivity contribution in [2.45, 2.75) is 16.1 Å². The third-order valence-electron chi connectivity index (χ3n) is 3.19. The summed E-state index contributed by atoms with van der Waals surface area (Å²) >= 11 is 7.07. The third kappa shape index (κ3) is 3.30. The first-order chi connectivity index (χ1) is 9.56. The number of alkyl halides is 2. The van der Waals surface area contributed by atoms with E-state index in [-0.39, 0.29) is 6.42 Å². The molecule has 0 heterocycles. The fourth-order valence-corrected chi connectivity index (χ4v) is 3.28. The summed E-state index contributed by atoms with van der Waals surface area (Å²) in [6.45, 7) is 0. The minimum atomic E-state index is -0.838. The lowest BCUT2D eigenvalue weighted by Gasteiger charge is -2.27. The molecular weight excluding hydrogens is 384 g/mol. The fraction of sp³-hybridized carbons (Fsp3) is 0.188. The number of carboxylic acid groups (broad SMARTS) is 1. The van der Waals surface area contributed by atoms with Crippen LogP contribution in [0.3, 0.4) is 0 Å². The van der Waals surface area contributed by atoms with E-state index >= 15 is 0 Å². The summed E-state index contributed by atoms with van der Waals surface area (Å²) in [5.74, 6) is -0.838. The molecule has 1 unspecified atom stereocenters. The summed E-state index contributed by atoms with van der Waals surface area (Å²) < 4.78 is -0.703. The van der Waals surface area contributed by atoms with E-state index in [2.05, 4.69) is 31.9 Å². The number of carbonyl (C=O) groups is 1. The summed E-state index contributed by atoms with van der Waals surface area (Å²) in [7, 11) is 0. The Morgan fingerprint density at radius 1 is 1.00 bits per heavy atom. The molecule has 0 aliphatic heterocycles. The molecule has 20 heavy (non-hydrogen) atoms. The van der Waals surface area contributed by atoms with Crippen LogP contribution in [0, 0.1) is 0 Å². The van der Waals surface area contributed by atoms with Crippen molar-refractivity contribution in [3.8, 4) is 0 Å². The van der Waals surface area contributed by atoms with Gasteiger partial charge in [-0.15, -0.1) is 0 Å². The topological polar surface area (TPSA) is 37.3 Å². The molecule has 0 amide bonds. The van der Waals surface area contributed by atoms with Crippen LogP contribution >= 0.6 is 31.9 Å². The van der Waals surface area contributed by atoms with E-state index in [0.717, 1.165) is 22.0 Å². The predicted molar refractivity (Wildman–Crippen MR) is 87.5 cm³/mol. The summed E-state index contributed by atoms with van der Waals surface area (Å²) in [5.41, 5.74) is 3.04. The van der Waals surface area contributed by atoms with Crippen molar-refractivity contribution in [3.63, 3.8) is 0 Å². The average molecular weight is 398 g/mol. The van der Waals surface area contributed by atoms with Gasteiger partial charge >= 0.3 is 5.97 Å². The van der Waals surface area contributed by atoms with Gasteiger partial charge in [0.15, 0.2) is 0 Å². The number of carboxylic acids is 1. The fourth-order valence-electron chi connectivity index (χ4n) is 2.14. The van der Waals surface area contributed by atoms with Crippen molar-refractivity contribution < 1.29 is 9.90 Å². The van der Waals surface area contributed by atoms with Crippen LogP contribution in [0.5, 0.6) is 0 Å². The molecule has 0 saturated heterocycles. The summed E-state index contributed by atoms with van der Waals surface area (Å²) in [6, 6.07) is 17.6. The molecule has 0 saturated carbocycles. The van der Waals surface area contributed by atoms with Gasteiger partial charge in [-0.3, -0.25) is 4.79 Å². The van der Waals surface area contributed by atoms with E-state index in [0.29, 0.717) is 0 Å². The quantitative estimate of drug-likeness (QED) is 0.742. The van der Waals surface area contributed by atoms with Crippen molar-refractivity contribution in [3.05, 3.63) is 71.3 Å². The summed E-state index contributed by atoms with van der Waals surface area (Å²) in [6.07, 6.45) is -0.00925. The molecule has 2 aromatic rings. The Bertz CT molecular complexity index is 581. The molecule has 1 atom stereocenters. The number of hydrogen-bond acceptors (Lipinski definition) is 1. The van der Waals surface area contributed by atoms with Gasteiger partial charge < -0.3 is 5.11 Å². The molecule has 1 N–H and O–H groups in total. The minimum absolute atomic E-state index is 0.00925. The number of benzene rings is 2. The second-order valence-corrected chi connectivity index (χ2v) is 6.48. The van der Waals surface area contributed by atoms with Crippen molar-refractivity contribution in [1.29, 1.82) is 0 Å². The van der Waals surface area contributed by atoms with Crippen LogP contribution in [0.25, 0.3) is 0 Å². The monoisotopic (exact) mass is 396 g/mol. The highest BCUT2D eigenvalue weighted by molar-refractivity contribution is 9.09. The zero-order chi connectivity index (χ0) is 14.6. The number of aliphatic carboxylic acids is 1. The maximum Gasteiger partial charge on any atom is 0.305 e. The second-order valence-electron chi connectivity index (χ2n) is 4.57. The van der Waals surface area contributed by atoms with Crippen LogP contribution in [0.2, 0.25) is 0 Å². The number of hydrogen-bond donors (Lipinski definition) is 1. The van der Waals surface area contributed by atoms with Gasteiger partial charge in [-0.1, -0.05) is 86.5 Å². The summed E-state index contributed by atoms with van der Waals surface area (Å²) in [5, 5.41) is 10.0. The minimum Gasteiger partial charge on any atom is -0.481 e. The highest BCUT2D eigenvalue weighted by atomic mass is 79.9. The standard InChI is InChI=1S/C16H14Br2O2/c17-11-12-6-8-14(9-7-12)16(18,10-15(19)20)13-4-2-1-3-5-13/h1-9H,10-11H2,(H,19,20). The van der Waals surface area contributed by atoms with E-state index in [4.69, 9.17) is 0 Å². The smallest absolute Gasteiger partial charge is 0.305 e. The van der Waals surface area contributed by atoms with Crippen molar-refractivity contribution in [1.82, 2.24) is 0 Å². The van der Waals surface area contributed by atoms with Crippen LogP contribution < -0.4 is 0 Å². The largest absolute Gasteiger partial charge is 0.481 e. The molecule has 0 aromatic heterocycles. The van der Waals surface area contributed by atoms with Crippen LogP contribution in [0.1, 0.15) is 23.1 Å². The molecular formula is C16H14Br2O2. The predicted octanol–water partition coefficient (Wildman–Crippen LogP) is 4.69. The van der Waals surface area contributed by atoms with Gasteiger partial charge in [0.1, 0.15) is 0 Å². The molecule has 0 radical (unpaired) electrons. The summed E-state index contributed by atoms with van der Waals surface area (Å²) in [4.78, 5) is 11.2. The zero-order valence-corrected chi connectivity index (χ0v) is 13.9. The Kier molecular flexibility index (Phi) is 5.00. The third-order valence-corrected chi connectivity index (χ3v) is 5.04. The van der Waals surface area contributed by atoms with Crippen molar-refractivity contribution in [2.24, 2.45) is 0 Å². The first-order valence-electron chi connectivity index (χ1n) is 6.18. The highest BCUT2D eigenvalue weighted by Crippen LogP contribution is 2.41. The molecule has 0 bridgehead atoms. The maximum absolute atomic E-state index is 11.2. The average Bonchev–Trinajstić information content (AvgIpc) is 2.47. The Hall–Kier alpha value is -1.13. The van der Waals surface area contributed by atoms with E-state index in [1.165, 1.54) is 0 Å². The van der Waals surface area contributed by atoms with Gasteiger partial charge in [0.05, 0.1) is 10.7 Å².